The molecule has 7 heteroatoms. The second-order valence-corrected chi connectivity index (χ2v) is 7.64. The van der Waals surface area contributed by atoms with Crippen LogP contribution in [0.2, 0.25) is 0 Å². The molecule has 0 spiro atoms. The minimum Gasteiger partial charge on any atom is -0.387 e. The van der Waals surface area contributed by atoms with Crippen LogP contribution in [0.4, 0.5) is 0 Å². The van der Waals surface area contributed by atoms with Crippen molar-refractivity contribution in [2.75, 3.05) is 26.2 Å². The van der Waals surface area contributed by atoms with Crippen LogP contribution in [-0.4, -0.2) is 69.2 Å². The topological polar surface area (TPSA) is 89.5 Å². The second-order valence-electron chi connectivity index (χ2n) is 7.64. The summed E-state index contributed by atoms with van der Waals surface area (Å²) in [4.78, 5) is 28.7. The molecular formula is C19H30N4O3. The lowest BCUT2D eigenvalue weighted by Gasteiger charge is -2.44. The maximum absolute atomic E-state index is 13.1. The minimum absolute atomic E-state index is 0.160. The van der Waals surface area contributed by atoms with Gasteiger partial charge in [0.25, 0.3) is 0 Å². The molecule has 144 valence electrons. The van der Waals surface area contributed by atoms with Crippen LogP contribution in [0.25, 0.3) is 0 Å². The van der Waals surface area contributed by atoms with E-state index in [1.54, 1.807) is 4.90 Å². The lowest BCUT2D eigenvalue weighted by atomic mass is 9.84. The van der Waals surface area contributed by atoms with Crippen LogP contribution in [0.3, 0.4) is 0 Å². The third-order valence-corrected chi connectivity index (χ3v) is 5.97. The summed E-state index contributed by atoms with van der Waals surface area (Å²) in [6, 6.07) is 0.193. The number of carbonyl (C=O) groups is 2. The molecule has 7 nitrogen and oxygen atoms in total. The Morgan fingerprint density at radius 1 is 1.15 bits per heavy atom. The summed E-state index contributed by atoms with van der Waals surface area (Å²) in [5.74, 6) is 0.260. The Labute approximate surface area is 154 Å². The number of rotatable bonds is 4. The summed E-state index contributed by atoms with van der Waals surface area (Å²) in [5.41, 5.74) is 2.85. The van der Waals surface area contributed by atoms with Gasteiger partial charge in [-0.05, 0) is 51.9 Å². The van der Waals surface area contributed by atoms with Gasteiger partial charge in [-0.1, -0.05) is 0 Å². The predicted octanol–water partition coefficient (Wildman–Crippen LogP) is 1.18. The van der Waals surface area contributed by atoms with Gasteiger partial charge in [0.15, 0.2) is 0 Å². The molecule has 2 aliphatic rings. The quantitative estimate of drug-likeness (QED) is 0.842. The highest BCUT2D eigenvalue weighted by molar-refractivity contribution is 5.80. The summed E-state index contributed by atoms with van der Waals surface area (Å²) in [6.07, 6.45) is 5.53. The van der Waals surface area contributed by atoms with E-state index in [2.05, 4.69) is 10.2 Å². The van der Waals surface area contributed by atoms with Crippen LogP contribution in [0.1, 0.15) is 49.1 Å². The van der Waals surface area contributed by atoms with E-state index in [1.807, 2.05) is 18.7 Å². The molecule has 2 N–H and O–H groups in total. The Balaban J connectivity index is 1.71. The molecule has 0 bridgehead atoms. The van der Waals surface area contributed by atoms with Crippen molar-refractivity contribution in [3.8, 4) is 0 Å². The zero-order valence-electron chi connectivity index (χ0n) is 15.8. The molecule has 2 aliphatic heterocycles. The van der Waals surface area contributed by atoms with E-state index < -0.39 is 6.61 Å². The Bertz CT molecular complexity index is 638. The molecule has 2 unspecified atom stereocenters. The van der Waals surface area contributed by atoms with Crippen LogP contribution < -0.4 is 0 Å². The number of H-pyrrole nitrogens is 1. The highest BCUT2D eigenvalue weighted by Crippen LogP contribution is 2.30. The maximum Gasteiger partial charge on any atom is 0.248 e. The molecule has 3 rings (SSSR count). The number of aromatic nitrogens is 2. The molecule has 2 atom stereocenters. The average Bonchev–Trinajstić information content (AvgIpc) is 2.99. The van der Waals surface area contributed by atoms with Gasteiger partial charge in [0.1, 0.15) is 6.61 Å². The first-order valence-electron chi connectivity index (χ1n) is 9.69. The first-order valence-corrected chi connectivity index (χ1v) is 9.69. The van der Waals surface area contributed by atoms with Gasteiger partial charge >= 0.3 is 0 Å². The maximum atomic E-state index is 13.1. The number of nitrogens with zero attached hydrogens (tertiary/aromatic N) is 3. The van der Waals surface area contributed by atoms with Gasteiger partial charge in [-0.15, -0.1) is 0 Å². The summed E-state index contributed by atoms with van der Waals surface area (Å²) in [6.45, 7) is 5.61. The van der Waals surface area contributed by atoms with Crippen molar-refractivity contribution in [2.45, 2.75) is 58.4 Å². The number of aliphatic hydroxyl groups is 1. The smallest absolute Gasteiger partial charge is 0.248 e. The summed E-state index contributed by atoms with van der Waals surface area (Å²) in [5, 5.41) is 16.3. The fourth-order valence-electron chi connectivity index (χ4n) is 4.49. The summed E-state index contributed by atoms with van der Waals surface area (Å²) < 4.78 is 0. The zero-order chi connectivity index (χ0) is 18.7. The Hall–Kier alpha value is -1.89. The molecule has 0 aliphatic carbocycles. The number of piperidine rings is 2. The van der Waals surface area contributed by atoms with E-state index in [0.29, 0.717) is 25.4 Å². The Morgan fingerprint density at radius 3 is 2.65 bits per heavy atom. The van der Waals surface area contributed by atoms with Crippen LogP contribution in [-0.2, 0) is 16.0 Å². The largest absolute Gasteiger partial charge is 0.387 e. The van der Waals surface area contributed by atoms with Crippen molar-refractivity contribution in [1.82, 2.24) is 20.0 Å². The third kappa shape index (κ3) is 3.92. The van der Waals surface area contributed by atoms with Crippen LogP contribution in [0, 0.1) is 19.8 Å². The average molecular weight is 362 g/mol. The van der Waals surface area contributed by atoms with Crippen molar-refractivity contribution in [3.05, 3.63) is 17.0 Å². The summed E-state index contributed by atoms with van der Waals surface area (Å²) >= 11 is 0. The first-order chi connectivity index (χ1) is 12.5. The molecular weight excluding hydrogens is 332 g/mol. The lowest BCUT2D eigenvalue weighted by molar-refractivity contribution is -0.139. The number of likely N-dealkylation sites (tertiary alicyclic amines) is 2. The molecule has 1 aromatic heterocycles. The number of carbonyl (C=O) groups excluding carboxylic acids is 2. The van der Waals surface area contributed by atoms with Crippen molar-refractivity contribution < 1.29 is 14.7 Å². The third-order valence-electron chi connectivity index (χ3n) is 5.97. The number of aromatic amines is 1. The van der Waals surface area contributed by atoms with Crippen molar-refractivity contribution >= 4 is 11.8 Å². The number of aliphatic hydroxyl groups excluding tert-OH is 1. The van der Waals surface area contributed by atoms with Crippen molar-refractivity contribution in [3.63, 3.8) is 0 Å². The van der Waals surface area contributed by atoms with Gasteiger partial charge in [0, 0.05) is 36.9 Å². The lowest BCUT2D eigenvalue weighted by Crippen LogP contribution is -2.53. The van der Waals surface area contributed by atoms with E-state index in [0.717, 1.165) is 55.6 Å². The fraction of sp³-hybridized carbons (Fsp3) is 0.737. The van der Waals surface area contributed by atoms with Gasteiger partial charge in [-0.2, -0.15) is 5.10 Å². The van der Waals surface area contributed by atoms with Crippen LogP contribution >= 0.6 is 0 Å². The van der Waals surface area contributed by atoms with Gasteiger partial charge < -0.3 is 14.9 Å². The second kappa shape index (κ2) is 8.20. The van der Waals surface area contributed by atoms with Gasteiger partial charge in [0.2, 0.25) is 11.8 Å². The SMILES string of the molecule is Cc1n[nH]c(C)c1CC(=O)N1CCCCC1C1CCCN(C(=O)CO)C1. The molecule has 0 aromatic carbocycles. The Morgan fingerprint density at radius 2 is 1.96 bits per heavy atom. The zero-order valence-corrected chi connectivity index (χ0v) is 15.8. The molecule has 2 fully saturated rings. The van der Waals surface area contributed by atoms with Crippen LogP contribution in [0.5, 0.6) is 0 Å². The van der Waals surface area contributed by atoms with E-state index in [1.165, 1.54) is 0 Å². The Kier molecular flexibility index (Phi) is 5.96. The van der Waals surface area contributed by atoms with Gasteiger partial charge in [0.05, 0.1) is 12.1 Å². The number of nitrogens with one attached hydrogen (secondary N) is 1. The molecule has 3 heterocycles. The summed E-state index contributed by atoms with van der Waals surface area (Å²) in [7, 11) is 0. The number of aryl methyl sites for hydroxylation is 2. The van der Waals surface area contributed by atoms with E-state index >= 15 is 0 Å². The number of hydrogen-bond acceptors (Lipinski definition) is 4. The monoisotopic (exact) mass is 362 g/mol. The van der Waals surface area contributed by atoms with Gasteiger partial charge in [-0.25, -0.2) is 0 Å². The highest BCUT2D eigenvalue weighted by atomic mass is 16.3. The molecule has 2 amide bonds. The minimum atomic E-state index is -0.431. The van der Waals surface area contributed by atoms with Crippen molar-refractivity contribution in [1.29, 1.82) is 0 Å². The van der Waals surface area contributed by atoms with E-state index in [4.69, 9.17) is 5.11 Å². The number of amides is 2. The van der Waals surface area contributed by atoms with Gasteiger partial charge in [-0.3, -0.25) is 14.7 Å². The van der Waals surface area contributed by atoms with E-state index in [9.17, 15) is 9.59 Å². The predicted molar refractivity (Wildman–Crippen MR) is 97.5 cm³/mol. The van der Waals surface area contributed by atoms with Crippen molar-refractivity contribution in [2.24, 2.45) is 5.92 Å². The number of hydrogen-bond donors (Lipinski definition) is 2. The molecule has 26 heavy (non-hydrogen) atoms. The normalized spacial score (nSPS) is 24.0. The van der Waals surface area contributed by atoms with Crippen LogP contribution in [0.15, 0.2) is 0 Å². The fourth-order valence-corrected chi connectivity index (χ4v) is 4.49. The molecule has 1 aromatic rings. The standard InChI is InChI=1S/C19H30N4O3/c1-13-16(14(2)21-20-13)10-18(25)23-9-4-3-7-17(23)15-6-5-8-22(11-15)19(26)12-24/h15,17,24H,3-12H2,1-2H3,(H,20,21). The molecule has 2 saturated heterocycles. The highest BCUT2D eigenvalue weighted by Gasteiger charge is 2.36. The molecule has 0 saturated carbocycles. The molecule has 0 radical (unpaired) electrons. The first kappa shape index (κ1) is 18.9. The van der Waals surface area contributed by atoms with E-state index in [-0.39, 0.29) is 17.9 Å².